The van der Waals surface area contributed by atoms with Crippen LogP contribution < -0.4 is 17.2 Å². The van der Waals surface area contributed by atoms with Crippen LogP contribution in [0.3, 0.4) is 0 Å². The van der Waals surface area contributed by atoms with E-state index in [1.54, 1.807) is 6.92 Å². The first-order valence-electron chi connectivity index (χ1n) is 11.9. The molecular weight excluding hydrogens is 458 g/mol. The number of nitrogens with two attached hydrogens (primary N) is 3. The Hall–Kier alpha value is -2.61. The molecule has 1 saturated heterocycles. The van der Waals surface area contributed by atoms with Gasteiger partial charge in [0.1, 0.15) is 11.8 Å². The third-order valence-electron chi connectivity index (χ3n) is 5.89. The highest BCUT2D eigenvalue weighted by atomic mass is 16.4. The number of aliphatic carboxylic acids is 1. The van der Waals surface area contributed by atoms with Crippen LogP contribution in [0.5, 0.6) is 0 Å². The van der Waals surface area contributed by atoms with E-state index in [9.17, 15) is 24.3 Å². The fraction of sp³-hybridized carbons (Fsp3) is 0.773. The smallest absolute Gasteiger partial charge is 0.320 e. The fourth-order valence-corrected chi connectivity index (χ4v) is 3.87. The Morgan fingerprint density at radius 3 is 1.60 bits per heavy atom. The van der Waals surface area contributed by atoms with Gasteiger partial charge < -0.3 is 27.2 Å². The maximum Gasteiger partial charge on any atom is 0.320 e. The molecule has 7 N–H and O–H groups in total. The van der Waals surface area contributed by atoms with Crippen LogP contribution >= 0.6 is 0 Å². The molecule has 1 aliphatic heterocycles. The second kappa shape index (κ2) is 18.7. The van der Waals surface area contributed by atoms with Crippen molar-refractivity contribution in [1.29, 1.82) is 0 Å². The summed E-state index contributed by atoms with van der Waals surface area (Å²) in [6.45, 7) is 9.23. The molecule has 35 heavy (non-hydrogen) atoms. The maximum absolute atomic E-state index is 12.0. The summed E-state index contributed by atoms with van der Waals surface area (Å²) in [5, 5.41) is 9.85. The number of rotatable bonds is 11. The first-order chi connectivity index (χ1) is 16.6. The number of carboxylic acid groups (broad SMARTS) is 1. The SMILES string of the molecule is CCC(=O)CCC(C(=O)O)N1CCN(CC)CCN(CC(N)=O)CCN(CC(N)=O)CC1.NC=O. The normalized spacial score (nSPS) is 18.2. The predicted molar refractivity (Wildman–Crippen MR) is 131 cm³/mol. The maximum atomic E-state index is 12.0. The van der Waals surface area contributed by atoms with Gasteiger partial charge in [-0.25, -0.2) is 0 Å². The van der Waals surface area contributed by atoms with Crippen LogP contribution in [-0.4, -0.2) is 133 Å². The van der Waals surface area contributed by atoms with Crippen molar-refractivity contribution in [2.24, 2.45) is 17.2 Å². The Balaban J connectivity index is 0.00000365. The second-order valence-corrected chi connectivity index (χ2v) is 8.38. The highest BCUT2D eigenvalue weighted by Crippen LogP contribution is 2.11. The number of carbonyl (C=O) groups excluding carboxylic acids is 4. The molecule has 1 fully saturated rings. The van der Waals surface area contributed by atoms with Crippen LogP contribution in [0.4, 0.5) is 0 Å². The van der Waals surface area contributed by atoms with E-state index in [4.69, 9.17) is 16.3 Å². The number of ketones is 1. The van der Waals surface area contributed by atoms with E-state index in [2.05, 4.69) is 10.6 Å². The molecule has 0 aromatic carbocycles. The highest BCUT2D eigenvalue weighted by Gasteiger charge is 2.27. The molecule has 1 unspecified atom stereocenters. The van der Waals surface area contributed by atoms with Gasteiger partial charge in [0.15, 0.2) is 0 Å². The summed E-state index contributed by atoms with van der Waals surface area (Å²) < 4.78 is 0. The summed E-state index contributed by atoms with van der Waals surface area (Å²) in [5.74, 6) is -1.77. The van der Waals surface area contributed by atoms with Crippen molar-refractivity contribution in [3.8, 4) is 0 Å². The lowest BCUT2D eigenvalue weighted by atomic mass is 10.1. The van der Waals surface area contributed by atoms with E-state index in [0.29, 0.717) is 58.8 Å². The van der Waals surface area contributed by atoms with E-state index in [0.717, 1.165) is 6.54 Å². The lowest BCUT2D eigenvalue weighted by Crippen LogP contribution is -2.51. The molecule has 0 radical (unpaired) electrons. The molecule has 1 rings (SSSR count). The van der Waals surface area contributed by atoms with Gasteiger partial charge in [0, 0.05) is 65.2 Å². The zero-order chi connectivity index (χ0) is 26.8. The lowest BCUT2D eigenvalue weighted by molar-refractivity contribution is -0.144. The quantitative estimate of drug-likeness (QED) is 0.220. The first-order valence-corrected chi connectivity index (χ1v) is 11.9. The van der Waals surface area contributed by atoms with Gasteiger partial charge >= 0.3 is 5.97 Å². The van der Waals surface area contributed by atoms with Crippen molar-refractivity contribution in [3.63, 3.8) is 0 Å². The van der Waals surface area contributed by atoms with E-state index < -0.39 is 23.8 Å². The second-order valence-electron chi connectivity index (χ2n) is 8.38. The summed E-state index contributed by atoms with van der Waals surface area (Å²) in [7, 11) is 0. The average Bonchev–Trinajstić information content (AvgIpc) is 2.78. The molecule has 0 aliphatic carbocycles. The van der Waals surface area contributed by atoms with Gasteiger partial charge in [-0.1, -0.05) is 13.8 Å². The van der Waals surface area contributed by atoms with Crippen molar-refractivity contribution in [2.45, 2.75) is 39.2 Å². The number of amides is 3. The van der Waals surface area contributed by atoms with Crippen molar-refractivity contribution in [3.05, 3.63) is 0 Å². The number of nitrogens with zero attached hydrogens (tertiary/aromatic N) is 4. The summed E-state index contributed by atoms with van der Waals surface area (Å²) in [5.41, 5.74) is 15.0. The monoisotopic (exact) mass is 501 g/mol. The minimum absolute atomic E-state index is 0.0469. The van der Waals surface area contributed by atoms with E-state index in [1.165, 1.54) is 0 Å². The molecule has 0 spiro atoms. The molecule has 202 valence electrons. The number of carboxylic acids is 1. The van der Waals surface area contributed by atoms with Crippen molar-refractivity contribution < 1.29 is 29.1 Å². The average molecular weight is 502 g/mol. The number of Topliss-reactive ketones (excluding diaryl/α,β-unsaturated/α-hetero) is 1. The topological polar surface area (TPSA) is 197 Å². The zero-order valence-electron chi connectivity index (χ0n) is 21.1. The fourth-order valence-electron chi connectivity index (χ4n) is 3.87. The molecule has 1 aliphatic rings. The van der Waals surface area contributed by atoms with Crippen LogP contribution in [0.2, 0.25) is 0 Å². The Kier molecular flexibility index (Phi) is 17.3. The summed E-state index contributed by atoms with van der Waals surface area (Å²) in [6, 6.07) is -0.770. The van der Waals surface area contributed by atoms with Crippen molar-refractivity contribution in [2.75, 3.05) is 72.0 Å². The van der Waals surface area contributed by atoms with Crippen LogP contribution in [-0.2, 0) is 24.0 Å². The third kappa shape index (κ3) is 15.1. The molecule has 0 saturated carbocycles. The molecule has 0 aromatic heterocycles. The number of hydrogen-bond donors (Lipinski definition) is 4. The molecule has 13 heteroatoms. The highest BCUT2D eigenvalue weighted by molar-refractivity contribution is 5.80. The molecule has 0 aromatic rings. The third-order valence-corrected chi connectivity index (χ3v) is 5.89. The molecular formula is C22H43N7O6. The molecule has 3 amide bonds. The minimum Gasteiger partial charge on any atom is -0.480 e. The lowest BCUT2D eigenvalue weighted by Gasteiger charge is -2.35. The molecule has 13 nitrogen and oxygen atoms in total. The first kappa shape index (κ1) is 32.4. The van der Waals surface area contributed by atoms with Crippen LogP contribution in [0.25, 0.3) is 0 Å². The van der Waals surface area contributed by atoms with E-state index >= 15 is 0 Å². The predicted octanol–water partition coefficient (Wildman–Crippen LogP) is -2.49. The van der Waals surface area contributed by atoms with E-state index in [-0.39, 0.29) is 38.1 Å². The Bertz CT molecular complexity index is 679. The van der Waals surface area contributed by atoms with Gasteiger partial charge in [0.05, 0.1) is 13.1 Å². The zero-order valence-corrected chi connectivity index (χ0v) is 21.1. The summed E-state index contributed by atoms with van der Waals surface area (Å²) >= 11 is 0. The summed E-state index contributed by atoms with van der Waals surface area (Å²) in [4.78, 5) is 63.4. The Labute approximate surface area is 207 Å². The molecule has 0 bridgehead atoms. The van der Waals surface area contributed by atoms with Gasteiger partial charge in [-0.3, -0.25) is 38.7 Å². The van der Waals surface area contributed by atoms with Gasteiger partial charge in [0.2, 0.25) is 18.2 Å². The van der Waals surface area contributed by atoms with Crippen LogP contribution in [0, 0.1) is 0 Å². The number of likely N-dealkylation sites (N-methyl/N-ethyl adjacent to an activating group) is 1. The molecule has 1 atom stereocenters. The van der Waals surface area contributed by atoms with Crippen LogP contribution in [0.1, 0.15) is 33.1 Å². The van der Waals surface area contributed by atoms with Crippen LogP contribution in [0.15, 0.2) is 0 Å². The van der Waals surface area contributed by atoms with Gasteiger partial charge in [-0.05, 0) is 13.0 Å². The number of primary amides is 3. The number of carbonyl (C=O) groups is 5. The largest absolute Gasteiger partial charge is 0.480 e. The van der Waals surface area contributed by atoms with E-state index in [1.807, 2.05) is 21.6 Å². The van der Waals surface area contributed by atoms with Crippen molar-refractivity contribution in [1.82, 2.24) is 19.6 Å². The van der Waals surface area contributed by atoms with Gasteiger partial charge in [0.25, 0.3) is 0 Å². The summed E-state index contributed by atoms with van der Waals surface area (Å²) in [6.07, 6.45) is 1.13. The van der Waals surface area contributed by atoms with Crippen molar-refractivity contribution >= 4 is 30.0 Å². The Morgan fingerprint density at radius 1 is 0.829 bits per heavy atom. The number of hydrogen-bond acceptors (Lipinski definition) is 9. The Morgan fingerprint density at radius 2 is 1.23 bits per heavy atom. The van der Waals surface area contributed by atoms with Gasteiger partial charge in [-0.2, -0.15) is 0 Å². The van der Waals surface area contributed by atoms with Gasteiger partial charge in [-0.15, -0.1) is 0 Å². The standard InChI is InChI=1S/C21H40N6O5.CH3NO/c1-3-17(28)5-6-18(21(31)32)27-13-11-24(4-2)7-8-25(15-19(22)29)9-10-26(12-14-27)16-20(23)30;2-1-3/h18H,3-16H2,1-2H3,(H2,22,29)(H2,23,30)(H,31,32);1H,(H2,2,3). The minimum atomic E-state index is -0.946. The molecule has 1 heterocycles.